The van der Waals surface area contributed by atoms with Crippen molar-refractivity contribution in [2.75, 3.05) is 71.9 Å². The lowest BCUT2D eigenvalue weighted by Crippen LogP contribution is -2.46. The first kappa shape index (κ1) is 20.6. The maximum atomic E-state index is 10.9. The maximum Gasteiger partial charge on any atom is 0.169 e. The van der Waals surface area contributed by atoms with E-state index in [0.29, 0.717) is 38.6 Å². The molecule has 0 aliphatic carbocycles. The Kier molecular flexibility index (Phi) is 9.99. The van der Waals surface area contributed by atoms with E-state index in [2.05, 4.69) is 9.08 Å². The molecule has 2 N–H and O–H groups in total. The summed E-state index contributed by atoms with van der Waals surface area (Å²) in [6.45, 7) is 7.69. The largest absolute Gasteiger partial charge is 0.314 e. The number of nitrogens with zero attached hydrogens (tertiary/aromatic N) is 4. The van der Waals surface area contributed by atoms with Gasteiger partial charge in [-0.2, -0.15) is 10.1 Å². The Bertz CT molecular complexity index is 371. The third kappa shape index (κ3) is 9.42. The van der Waals surface area contributed by atoms with Crippen LogP contribution in [0, 0.1) is 0 Å². The molecule has 2 rings (SSSR count). The van der Waals surface area contributed by atoms with Crippen molar-refractivity contribution < 1.29 is 23.6 Å². The number of rotatable bonds is 5. The summed E-state index contributed by atoms with van der Waals surface area (Å²) in [6.07, 6.45) is 0. The van der Waals surface area contributed by atoms with Gasteiger partial charge in [0.2, 0.25) is 0 Å². The number of hydrogen-bond acceptors (Lipinski definition) is 9. The van der Waals surface area contributed by atoms with Gasteiger partial charge in [-0.3, -0.25) is 18.8 Å². The molecule has 0 amide bonds. The van der Waals surface area contributed by atoms with E-state index in [0.717, 1.165) is 26.2 Å². The summed E-state index contributed by atoms with van der Waals surface area (Å²) < 4.78 is 15.6. The summed E-state index contributed by atoms with van der Waals surface area (Å²) in [5, 5.41) is 20.6. The quantitative estimate of drug-likeness (QED) is 0.635. The molecule has 0 saturated carbocycles. The minimum Gasteiger partial charge on any atom is -0.314 e. The second-order valence-corrected chi connectivity index (χ2v) is 6.80. The molecule has 0 bridgehead atoms. The molecule has 23 heavy (non-hydrogen) atoms. The highest BCUT2D eigenvalue weighted by molar-refractivity contribution is 7.80. The lowest BCUT2D eigenvalue weighted by Gasteiger charge is -2.29. The molecule has 0 aromatic carbocycles. The Morgan fingerprint density at radius 2 is 1.39 bits per heavy atom. The third-order valence-corrected chi connectivity index (χ3v) is 4.57. The normalized spacial score (nSPS) is 23.1. The zero-order valence-electron chi connectivity index (χ0n) is 13.9. The Balaban J connectivity index is 0.000000231. The van der Waals surface area contributed by atoms with Crippen LogP contribution >= 0.6 is 0 Å². The van der Waals surface area contributed by atoms with E-state index in [1.807, 2.05) is 4.90 Å². The first-order chi connectivity index (χ1) is 10.9. The number of ketones is 1. The molecule has 2 fully saturated rings. The number of piperazine rings is 2. The average molecular weight is 352 g/mol. The van der Waals surface area contributed by atoms with Gasteiger partial charge in [-0.1, -0.05) is 0 Å². The van der Waals surface area contributed by atoms with Crippen LogP contribution in [0.25, 0.3) is 0 Å². The van der Waals surface area contributed by atoms with Gasteiger partial charge in [0, 0.05) is 52.4 Å². The molecule has 10 heteroatoms. The van der Waals surface area contributed by atoms with E-state index in [-0.39, 0.29) is 5.78 Å². The van der Waals surface area contributed by atoms with Crippen molar-refractivity contribution in [3.63, 3.8) is 0 Å². The van der Waals surface area contributed by atoms with Crippen LogP contribution < -0.4 is 0 Å². The SMILES string of the molecule is CC(=O)CN1CCN(O)CC1.COS(=O)CN1CCN(O)CC1. The monoisotopic (exact) mass is 352 g/mol. The highest BCUT2D eigenvalue weighted by Gasteiger charge is 2.16. The van der Waals surface area contributed by atoms with Crippen LogP contribution in [-0.2, 0) is 20.1 Å². The molecule has 1 unspecified atom stereocenters. The Morgan fingerprint density at radius 3 is 1.78 bits per heavy atom. The fourth-order valence-electron chi connectivity index (χ4n) is 2.28. The van der Waals surface area contributed by atoms with Gasteiger partial charge >= 0.3 is 0 Å². The summed E-state index contributed by atoms with van der Waals surface area (Å²) in [6, 6.07) is 0. The molecule has 0 aromatic rings. The molecule has 2 heterocycles. The van der Waals surface area contributed by atoms with Crippen LogP contribution in [0.1, 0.15) is 6.92 Å². The first-order valence-electron chi connectivity index (χ1n) is 7.65. The summed E-state index contributed by atoms with van der Waals surface area (Å²) in [7, 11) is 1.43. The predicted molar refractivity (Wildman–Crippen MR) is 85.4 cm³/mol. The molecular formula is C13H28N4O5S. The van der Waals surface area contributed by atoms with Gasteiger partial charge in [-0.15, -0.1) is 0 Å². The summed E-state index contributed by atoms with van der Waals surface area (Å²) >= 11 is -1.21. The van der Waals surface area contributed by atoms with Gasteiger partial charge in [0.1, 0.15) is 11.7 Å². The van der Waals surface area contributed by atoms with E-state index in [4.69, 9.17) is 10.4 Å². The number of carbonyl (C=O) groups excluding carboxylic acids is 1. The van der Waals surface area contributed by atoms with Crippen molar-refractivity contribution in [3.05, 3.63) is 0 Å². The lowest BCUT2D eigenvalue weighted by atomic mass is 10.3. The topological polar surface area (TPSA) is 96.8 Å². The Hall–Kier alpha value is -0.460. The second-order valence-electron chi connectivity index (χ2n) is 5.60. The molecule has 2 aliphatic heterocycles. The molecular weight excluding hydrogens is 324 g/mol. The van der Waals surface area contributed by atoms with Crippen LogP contribution in [0.15, 0.2) is 0 Å². The van der Waals surface area contributed by atoms with Gasteiger partial charge in [0.05, 0.1) is 13.7 Å². The molecule has 0 spiro atoms. The van der Waals surface area contributed by atoms with Gasteiger partial charge in [0.15, 0.2) is 11.1 Å². The van der Waals surface area contributed by atoms with Crippen LogP contribution in [0.3, 0.4) is 0 Å². The highest BCUT2D eigenvalue weighted by Crippen LogP contribution is 2.00. The van der Waals surface area contributed by atoms with Crippen molar-refractivity contribution in [1.29, 1.82) is 0 Å². The number of carbonyl (C=O) groups is 1. The average Bonchev–Trinajstić information content (AvgIpc) is 2.52. The van der Waals surface area contributed by atoms with Crippen molar-refractivity contribution in [2.45, 2.75) is 6.92 Å². The lowest BCUT2D eigenvalue weighted by molar-refractivity contribution is -0.128. The predicted octanol–water partition coefficient (Wildman–Crippen LogP) is -1.16. The number of hydrogen-bond donors (Lipinski definition) is 2. The highest BCUT2D eigenvalue weighted by atomic mass is 32.2. The van der Waals surface area contributed by atoms with E-state index in [1.165, 1.54) is 17.2 Å². The standard InChI is InChI=1S/C7H14N2O2.C6H14N2O3S/c1-7(10)6-8-2-4-9(11)5-3-8;1-11-12(10)6-7-2-4-8(9)5-3-7/h11H,2-6H2,1H3;9H,2-6H2,1H3. The Morgan fingerprint density at radius 1 is 0.957 bits per heavy atom. The zero-order chi connectivity index (χ0) is 17.2. The second kappa shape index (κ2) is 11.2. The third-order valence-electron chi connectivity index (χ3n) is 3.62. The van der Waals surface area contributed by atoms with E-state index < -0.39 is 11.1 Å². The van der Waals surface area contributed by atoms with E-state index in [9.17, 15) is 9.00 Å². The number of hydroxylamine groups is 4. The first-order valence-corrected chi connectivity index (χ1v) is 8.89. The van der Waals surface area contributed by atoms with Crippen molar-refractivity contribution in [2.24, 2.45) is 0 Å². The maximum absolute atomic E-state index is 10.9. The van der Waals surface area contributed by atoms with Crippen LogP contribution in [-0.4, -0.2) is 112 Å². The molecule has 136 valence electrons. The minimum atomic E-state index is -1.21. The molecule has 2 saturated heterocycles. The minimum absolute atomic E-state index is 0.191. The summed E-state index contributed by atoms with van der Waals surface area (Å²) in [5.41, 5.74) is 0. The van der Waals surface area contributed by atoms with Crippen molar-refractivity contribution in [1.82, 2.24) is 19.9 Å². The van der Waals surface area contributed by atoms with Gasteiger partial charge in [0.25, 0.3) is 0 Å². The van der Waals surface area contributed by atoms with E-state index in [1.54, 1.807) is 6.92 Å². The molecule has 1 atom stereocenters. The van der Waals surface area contributed by atoms with Gasteiger partial charge in [-0.25, -0.2) is 4.21 Å². The fourth-order valence-corrected chi connectivity index (χ4v) is 2.94. The van der Waals surface area contributed by atoms with E-state index >= 15 is 0 Å². The van der Waals surface area contributed by atoms with Gasteiger partial charge in [-0.05, 0) is 6.92 Å². The molecule has 9 nitrogen and oxygen atoms in total. The molecule has 2 aliphatic rings. The summed E-state index contributed by atoms with van der Waals surface area (Å²) in [5.74, 6) is 0.626. The van der Waals surface area contributed by atoms with Crippen LogP contribution in [0.4, 0.5) is 0 Å². The van der Waals surface area contributed by atoms with Crippen molar-refractivity contribution in [3.8, 4) is 0 Å². The molecule has 0 aromatic heterocycles. The van der Waals surface area contributed by atoms with Gasteiger partial charge < -0.3 is 10.4 Å². The fraction of sp³-hybridized carbons (Fsp3) is 0.923. The molecule has 0 radical (unpaired) electrons. The number of Topliss-reactive ketones (excluding diaryl/α,β-unsaturated/α-hetero) is 1. The summed E-state index contributed by atoms with van der Waals surface area (Å²) in [4.78, 5) is 14.7. The van der Waals surface area contributed by atoms with Crippen LogP contribution in [0.2, 0.25) is 0 Å². The zero-order valence-corrected chi connectivity index (χ0v) is 14.7. The van der Waals surface area contributed by atoms with Crippen LogP contribution in [0.5, 0.6) is 0 Å². The van der Waals surface area contributed by atoms with Crippen molar-refractivity contribution >= 4 is 16.9 Å². The Labute approximate surface area is 140 Å². The smallest absolute Gasteiger partial charge is 0.169 e.